The van der Waals surface area contributed by atoms with Gasteiger partial charge in [-0.2, -0.15) is 0 Å². The molecule has 1 aliphatic rings. The van der Waals surface area contributed by atoms with Crippen molar-refractivity contribution in [1.82, 2.24) is 10.2 Å². The Morgan fingerprint density at radius 3 is 2.75 bits per heavy atom. The van der Waals surface area contributed by atoms with Gasteiger partial charge in [-0.15, -0.1) is 0 Å². The van der Waals surface area contributed by atoms with Crippen LogP contribution < -0.4 is 11.1 Å². The lowest BCUT2D eigenvalue weighted by Crippen LogP contribution is -2.47. The number of nitrogens with zero attached hydrogens (tertiary/aromatic N) is 1. The van der Waals surface area contributed by atoms with E-state index in [1.165, 1.54) is 0 Å². The molecule has 0 saturated carbocycles. The van der Waals surface area contributed by atoms with Gasteiger partial charge in [-0.05, 0) is 26.7 Å². The third-order valence-electron chi connectivity index (χ3n) is 3.29. The van der Waals surface area contributed by atoms with Crippen molar-refractivity contribution < 1.29 is 4.79 Å². The van der Waals surface area contributed by atoms with Crippen LogP contribution in [-0.2, 0) is 4.79 Å². The highest BCUT2D eigenvalue weighted by Gasteiger charge is 2.27. The van der Waals surface area contributed by atoms with Crippen molar-refractivity contribution in [1.29, 1.82) is 0 Å². The van der Waals surface area contributed by atoms with Crippen LogP contribution in [0.4, 0.5) is 0 Å². The zero-order chi connectivity index (χ0) is 12.1. The third-order valence-corrected chi connectivity index (χ3v) is 3.29. The molecule has 0 bridgehead atoms. The Morgan fingerprint density at radius 2 is 2.25 bits per heavy atom. The summed E-state index contributed by atoms with van der Waals surface area (Å²) < 4.78 is 0. The zero-order valence-electron chi connectivity index (χ0n) is 10.7. The maximum atomic E-state index is 11.9. The minimum Gasteiger partial charge on any atom is -0.352 e. The Labute approximate surface area is 98.6 Å². The fourth-order valence-corrected chi connectivity index (χ4v) is 2.20. The maximum Gasteiger partial charge on any atom is 0.237 e. The molecule has 0 spiro atoms. The van der Waals surface area contributed by atoms with E-state index >= 15 is 0 Å². The fraction of sp³-hybridized carbons (Fsp3) is 0.917. The van der Waals surface area contributed by atoms with Crippen molar-refractivity contribution in [2.45, 2.75) is 58.2 Å². The Hall–Kier alpha value is -0.610. The number of likely N-dealkylation sites (tertiary alicyclic amines) is 1. The quantitative estimate of drug-likeness (QED) is 0.727. The molecule has 1 fully saturated rings. The molecular formula is C12H25N3O. The average Bonchev–Trinajstić information content (AvgIpc) is 2.64. The highest BCUT2D eigenvalue weighted by molar-refractivity contribution is 5.81. The SMILES string of the molecule is CCCC(C)NC(=O)C(C)N1CC[C@@H](N)C1. The maximum absolute atomic E-state index is 11.9. The molecule has 1 rings (SSSR count). The van der Waals surface area contributed by atoms with Gasteiger partial charge in [0.1, 0.15) is 0 Å². The third kappa shape index (κ3) is 3.76. The molecule has 0 aromatic carbocycles. The minimum atomic E-state index is -0.0483. The first-order valence-corrected chi connectivity index (χ1v) is 6.34. The molecule has 1 aliphatic heterocycles. The number of hydrogen-bond acceptors (Lipinski definition) is 3. The lowest BCUT2D eigenvalue weighted by molar-refractivity contribution is -0.126. The zero-order valence-corrected chi connectivity index (χ0v) is 10.7. The predicted molar refractivity (Wildman–Crippen MR) is 66.1 cm³/mol. The van der Waals surface area contributed by atoms with Gasteiger partial charge in [0, 0.05) is 25.2 Å². The van der Waals surface area contributed by atoms with Crippen LogP contribution in [0.25, 0.3) is 0 Å². The summed E-state index contributed by atoms with van der Waals surface area (Å²) in [5.74, 6) is 0.134. The first-order valence-electron chi connectivity index (χ1n) is 6.34. The molecule has 4 heteroatoms. The first kappa shape index (κ1) is 13.5. The van der Waals surface area contributed by atoms with Crippen LogP contribution in [0, 0.1) is 0 Å². The van der Waals surface area contributed by atoms with Gasteiger partial charge in [0.2, 0.25) is 5.91 Å². The molecule has 0 aliphatic carbocycles. The van der Waals surface area contributed by atoms with E-state index in [1.54, 1.807) is 0 Å². The molecule has 16 heavy (non-hydrogen) atoms. The molecule has 94 valence electrons. The van der Waals surface area contributed by atoms with Gasteiger partial charge >= 0.3 is 0 Å². The summed E-state index contributed by atoms with van der Waals surface area (Å²) in [4.78, 5) is 14.1. The van der Waals surface area contributed by atoms with Gasteiger partial charge in [-0.1, -0.05) is 13.3 Å². The standard InChI is InChI=1S/C12H25N3O/c1-4-5-9(2)14-12(16)10(3)15-7-6-11(13)8-15/h9-11H,4-8,13H2,1-3H3,(H,14,16)/t9?,10?,11-/m1/s1. The highest BCUT2D eigenvalue weighted by atomic mass is 16.2. The van der Waals surface area contributed by atoms with Crippen molar-refractivity contribution in [2.24, 2.45) is 5.73 Å². The van der Waals surface area contributed by atoms with Crippen molar-refractivity contribution >= 4 is 5.91 Å². The van der Waals surface area contributed by atoms with Gasteiger partial charge in [0.15, 0.2) is 0 Å². The number of hydrogen-bond donors (Lipinski definition) is 2. The first-order chi connectivity index (χ1) is 7.54. The number of carbonyl (C=O) groups is 1. The Kier molecular flexibility index (Phi) is 5.22. The second-order valence-corrected chi connectivity index (χ2v) is 4.92. The van der Waals surface area contributed by atoms with E-state index in [2.05, 4.69) is 24.1 Å². The van der Waals surface area contributed by atoms with Gasteiger partial charge in [-0.25, -0.2) is 0 Å². The molecule has 1 heterocycles. The lowest BCUT2D eigenvalue weighted by Gasteiger charge is -2.24. The average molecular weight is 227 g/mol. The second kappa shape index (κ2) is 6.21. The van der Waals surface area contributed by atoms with Gasteiger partial charge < -0.3 is 11.1 Å². The summed E-state index contributed by atoms with van der Waals surface area (Å²) in [5.41, 5.74) is 5.84. The van der Waals surface area contributed by atoms with Gasteiger partial charge in [0.25, 0.3) is 0 Å². The van der Waals surface area contributed by atoms with E-state index in [1.807, 2.05) is 6.92 Å². The summed E-state index contributed by atoms with van der Waals surface area (Å²) in [6.07, 6.45) is 3.14. The predicted octanol–water partition coefficient (Wildman–Crippen LogP) is 0.713. The fourth-order valence-electron chi connectivity index (χ4n) is 2.20. The Morgan fingerprint density at radius 1 is 1.56 bits per heavy atom. The van der Waals surface area contributed by atoms with E-state index in [9.17, 15) is 4.79 Å². The van der Waals surface area contributed by atoms with Crippen LogP contribution in [0.2, 0.25) is 0 Å². The van der Waals surface area contributed by atoms with Crippen molar-refractivity contribution in [2.75, 3.05) is 13.1 Å². The summed E-state index contributed by atoms with van der Waals surface area (Å²) in [7, 11) is 0. The number of rotatable bonds is 5. The smallest absolute Gasteiger partial charge is 0.237 e. The Bertz CT molecular complexity index is 232. The van der Waals surface area contributed by atoms with E-state index in [0.29, 0.717) is 0 Å². The molecule has 3 atom stereocenters. The number of nitrogens with two attached hydrogens (primary N) is 1. The van der Waals surface area contributed by atoms with Crippen LogP contribution in [-0.4, -0.2) is 42.0 Å². The van der Waals surface area contributed by atoms with E-state index in [4.69, 9.17) is 5.73 Å². The lowest BCUT2D eigenvalue weighted by atomic mass is 10.2. The minimum absolute atomic E-state index is 0.0483. The summed E-state index contributed by atoms with van der Waals surface area (Å²) in [6.45, 7) is 7.94. The summed E-state index contributed by atoms with van der Waals surface area (Å²) in [6, 6.07) is 0.465. The van der Waals surface area contributed by atoms with Gasteiger partial charge in [0.05, 0.1) is 6.04 Å². The van der Waals surface area contributed by atoms with Crippen LogP contribution in [0.1, 0.15) is 40.0 Å². The molecule has 3 N–H and O–H groups in total. The van der Waals surface area contributed by atoms with Crippen molar-refractivity contribution in [3.05, 3.63) is 0 Å². The monoisotopic (exact) mass is 227 g/mol. The van der Waals surface area contributed by atoms with Crippen LogP contribution >= 0.6 is 0 Å². The van der Waals surface area contributed by atoms with Crippen molar-refractivity contribution in [3.8, 4) is 0 Å². The topological polar surface area (TPSA) is 58.4 Å². The van der Waals surface area contributed by atoms with Crippen LogP contribution in [0.15, 0.2) is 0 Å². The molecule has 1 saturated heterocycles. The van der Waals surface area contributed by atoms with Gasteiger partial charge in [-0.3, -0.25) is 9.69 Å². The molecule has 0 aromatic rings. The molecule has 4 nitrogen and oxygen atoms in total. The van der Waals surface area contributed by atoms with Crippen molar-refractivity contribution in [3.63, 3.8) is 0 Å². The van der Waals surface area contributed by atoms with E-state index in [-0.39, 0.29) is 24.0 Å². The second-order valence-electron chi connectivity index (χ2n) is 4.92. The van der Waals surface area contributed by atoms with E-state index < -0.39 is 0 Å². The molecule has 1 amide bonds. The molecular weight excluding hydrogens is 202 g/mol. The van der Waals surface area contributed by atoms with Crippen LogP contribution in [0.5, 0.6) is 0 Å². The normalized spacial score (nSPS) is 25.4. The molecule has 0 radical (unpaired) electrons. The molecule has 2 unspecified atom stereocenters. The summed E-state index contributed by atoms with van der Waals surface area (Å²) in [5, 5.41) is 3.05. The number of nitrogens with one attached hydrogen (secondary N) is 1. The largest absolute Gasteiger partial charge is 0.352 e. The Balaban J connectivity index is 2.35. The number of amides is 1. The molecule has 0 aromatic heterocycles. The number of carbonyl (C=O) groups excluding carboxylic acids is 1. The summed E-state index contributed by atoms with van der Waals surface area (Å²) >= 11 is 0. The van der Waals surface area contributed by atoms with E-state index in [0.717, 1.165) is 32.4 Å². The van der Waals surface area contributed by atoms with Crippen LogP contribution in [0.3, 0.4) is 0 Å². The highest BCUT2D eigenvalue weighted by Crippen LogP contribution is 2.11.